The van der Waals surface area contributed by atoms with Crippen molar-refractivity contribution in [1.29, 1.82) is 0 Å². The van der Waals surface area contributed by atoms with Crippen molar-refractivity contribution in [1.82, 2.24) is 15.3 Å². The number of nitrogens with one attached hydrogen (secondary N) is 2. The van der Waals surface area contributed by atoms with E-state index in [4.69, 9.17) is 4.74 Å². The van der Waals surface area contributed by atoms with Crippen LogP contribution in [-0.4, -0.2) is 29.5 Å². The molecule has 0 aliphatic carbocycles. The molecule has 0 unspecified atom stereocenters. The van der Waals surface area contributed by atoms with Crippen LogP contribution in [0.5, 0.6) is 5.75 Å². The van der Waals surface area contributed by atoms with E-state index in [0.717, 1.165) is 22.4 Å². The number of carbonyl (C=O) groups excluding carboxylic acids is 1. The van der Waals surface area contributed by atoms with E-state index in [2.05, 4.69) is 21.4 Å². The Labute approximate surface area is 190 Å². The van der Waals surface area contributed by atoms with Gasteiger partial charge in [0.15, 0.2) is 0 Å². The molecule has 0 fully saturated rings. The van der Waals surface area contributed by atoms with Crippen molar-refractivity contribution >= 4 is 27.5 Å². The predicted octanol–water partition coefficient (Wildman–Crippen LogP) is 4.17. The van der Waals surface area contributed by atoms with Gasteiger partial charge in [-0.05, 0) is 43.0 Å². The zero-order valence-electron chi connectivity index (χ0n) is 18.3. The molecule has 6 nitrogen and oxygen atoms in total. The molecule has 2 N–H and O–H groups in total. The van der Waals surface area contributed by atoms with E-state index in [1.807, 2.05) is 49.4 Å². The average molecular weight is 448 g/mol. The number of fused-ring (bicyclic) bond motifs is 1. The highest BCUT2D eigenvalue weighted by molar-refractivity contribution is 7.20. The van der Waals surface area contributed by atoms with Crippen LogP contribution in [0.15, 0.2) is 53.3 Å². The third-order valence-corrected chi connectivity index (χ3v) is 6.57. The van der Waals surface area contributed by atoms with Crippen molar-refractivity contribution in [2.24, 2.45) is 0 Å². The summed E-state index contributed by atoms with van der Waals surface area (Å²) in [5.74, 6) is 1.21. The first kappa shape index (κ1) is 21.8. The lowest BCUT2D eigenvalue weighted by molar-refractivity contribution is 0.0957. The maximum atomic E-state index is 12.9. The monoisotopic (exact) mass is 447 g/mol. The molecule has 2 heterocycles. The van der Waals surface area contributed by atoms with Crippen molar-refractivity contribution in [2.45, 2.75) is 26.7 Å². The highest BCUT2D eigenvalue weighted by atomic mass is 32.1. The number of carbonyl (C=O) groups is 1. The lowest BCUT2D eigenvalue weighted by atomic mass is 10.1. The number of aromatic nitrogens is 2. The van der Waals surface area contributed by atoms with Crippen LogP contribution in [-0.2, 0) is 12.8 Å². The predicted molar refractivity (Wildman–Crippen MR) is 128 cm³/mol. The van der Waals surface area contributed by atoms with Gasteiger partial charge in [-0.25, -0.2) is 4.98 Å². The summed E-state index contributed by atoms with van der Waals surface area (Å²) in [6.45, 7) is 4.29. The summed E-state index contributed by atoms with van der Waals surface area (Å²) in [5.41, 5.74) is 3.70. The summed E-state index contributed by atoms with van der Waals surface area (Å²) in [6, 6.07) is 15.8. The summed E-state index contributed by atoms with van der Waals surface area (Å²) in [6.07, 6.45) is 1.18. The Morgan fingerprint density at radius 3 is 2.69 bits per heavy atom. The first-order valence-electron chi connectivity index (χ1n) is 10.4. The van der Waals surface area contributed by atoms with Gasteiger partial charge in [0.05, 0.1) is 17.4 Å². The van der Waals surface area contributed by atoms with E-state index in [1.165, 1.54) is 11.3 Å². The van der Waals surface area contributed by atoms with Gasteiger partial charge in [0.2, 0.25) is 0 Å². The molecule has 0 radical (unpaired) electrons. The minimum absolute atomic E-state index is 0.193. The molecule has 0 aliphatic heterocycles. The number of methoxy groups -OCH3 is 1. The fourth-order valence-corrected chi connectivity index (χ4v) is 4.89. The average Bonchev–Trinajstić information content (AvgIpc) is 3.11. The molecular weight excluding hydrogens is 422 g/mol. The lowest BCUT2D eigenvalue weighted by Crippen LogP contribution is -2.25. The largest absolute Gasteiger partial charge is 0.496 e. The molecule has 0 aliphatic rings. The summed E-state index contributed by atoms with van der Waals surface area (Å²) < 4.78 is 5.41. The number of H-pyrrole nitrogens is 1. The van der Waals surface area contributed by atoms with Crippen molar-refractivity contribution in [3.63, 3.8) is 0 Å². The maximum absolute atomic E-state index is 12.9. The first-order chi connectivity index (χ1) is 15.5. The van der Waals surface area contributed by atoms with Gasteiger partial charge in [0.1, 0.15) is 16.4 Å². The Balaban J connectivity index is 1.52. The Kier molecular flexibility index (Phi) is 6.37. The minimum atomic E-state index is -0.210. The zero-order valence-corrected chi connectivity index (χ0v) is 19.1. The third-order valence-electron chi connectivity index (χ3n) is 5.39. The van der Waals surface area contributed by atoms with Crippen LogP contribution < -0.4 is 15.6 Å². The first-order valence-corrected chi connectivity index (χ1v) is 11.3. The van der Waals surface area contributed by atoms with E-state index >= 15 is 0 Å². The molecule has 0 saturated carbocycles. The van der Waals surface area contributed by atoms with Gasteiger partial charge in [0.25, 0.3) is 11.5 Å². The number of amides is 1. The smallest absolute Gasteiger partial charge is 0.261 e. The molecule has 4 rings (SSSR count). The van der Waals surface area contributed by atoms with E-state index in [9.17, 15) is 9.59 Å². The zero-order chi connectivity index (χ0) is 22.7. The molecule has 2 aromatic carbocycles. The summed E-state index contributed by atoms with van der Waals surface area (Å²) >= 11 is 1.26. The van der Waals surface area contributed by atoms with E-state index in [-0.39, 0.29) is 11.5 Å². The van der Waals surface area contributed by atoms with Crippen LogP contribution >= 0.6 is 11.3 Å². The molecule has 1 amide bonds. The standard InChI is InChI=1S/C25H25N3O3S/c1-15-9-10-19(31-3)18(13-15)11-12-26-24(30)22-16(2)21-23(29)27-20(28-25(21)32-22)14-17-7-5-4-6-8-17/h4-10,13H,11-12,14H2,1-3H3,(H,26,30)(H,27,28,29). The van der Waals surface area contributed by atoms with Crippen LogP contribution in [0.3, 0.4) is 0 Å². The van der Waals surface area contributed by atoms with E-state index in [1.54, 1.807) is 14.0 Å². The second-order valence-electron chi connectivity index (χ2n) is 7.73. The molecule has 0 bridgehead atoms. The van der Waals surface area contributed by atoms with Crippen LogP contribution in [0.1, 0.15) is 37.7 Å². The van der Waals surface area contributed by atoms with Crippen LogP contribution in [0.2, 0.25) is 0 Å². The second kappa shape index (κ2) is 9.36. The van der Waals surface area contributed by atoms with Gasteiger partial charge in [-0.1, -0.05) is 48.0 Å². The Bertz CT molecular complexity index is 1330. The van der Waals surface area contributed by atoms with Crippen molar-refractivity contribution < 1.29 is 9.53 Å². The molecule has 0 spiro atoms. The number of ether oxygens (including phenoxy) is 1. The van der Waals surface area contributed by atoms with Crippen LogP contribution in [0.25, 0.3) is 10.2 Å². The number of benzene rings is 2. The molecule has 7 heteroatoms. The molecule has 2 aromatic heterocycles. The number of aromatic amines is 1. The highest BCUT2D eigenvalue weighted by Crippen LogP contribution is 2.27. The van der Waals surface area contributed by atoms with Gasteiger partial charge in [-0.3, -0.25) is 9.59 Å². The molecule has 4 aromatic rings. The number of hydrogen-bond acceptors (Lipinski definition) is 5. The van der Waals surface area contributed by atoms with E-state index < -0.39 is 0 Å². The van der Waals surface area contributed by atoms with Gasteiger partial charge in [0, 0.05) is 13.0 Å². The van der Waals surface area contributed by atoms with Crippen LogP contribution in [0.4, 0.5) is 0 Å². The molecule has 0 atom stereocenters. The van der Waals surface area contributed by atoms with Gasteiger partial charge < -0.3 is 15.0 Å². The summed E-state index contributed by atoms with van der Waals surface area (Å²) in [7, 11) is 1.64. The fraction of sp³-hybridized carbons (Fsp3) is 0.240. The minimum Gasteiger partial charge on any atom is -0.496 e. The SMILES string of the molecule is COc1ccc(C)cc1CCNC(=O)c1sc2nc(Cc3ccccc3)[nH]c(=O)c2c1C. The number of hydrogen-bond donors (Lipinski definition) is 2. The summed E-state index contributed by atoms with van der Waals surface area (Å²) in [5, 5.41) is 3.45. The van der Waals surface area contributed by atoms with Crippen molar-refractivity contribution in [3.8, 4) is 5.75 Å². The number of aryl methyl sites for hydroxylation is 2. The number of nitrogens with zero attached hydrogens (tertiary/aromatic N) is 1. The molecule has 32 heavy (non-hydrogen) atoms. The van der Waals surface area contributed by atoms with Gasteiger partial charge >= 0.3 is 0 Å². The second-order valence-corrected chi connectivity index (χ2v) is 8.73. The summed E-state index contributed by atoms with van der Waals surface area (Å²) in [4.78, 5) is 34.2. The highest BCUT2D eigenvalue weighted by Gasteiger charge is 2.19. The van der Waals surface area contributed by atoms with Gasteiger partial charge in [-0.15, -0.1) is 11.3 Å². The van der Waals surface area contributed by atoms with Gasteiger partial charge in [-0.2, -0.15) is 0 Å². The quantitative estimate of drug-likeness (QED) is 0.445. The third kappa shape index (κ3) is 4.57. The molecule has 0 saturated heterocycles. The van der Waals surface area contributed by atoms with E-state index in [0.29, 0.717) is 45.9 Å². The molecular formula is C25H25N3O3S. The lowest BCUT2D eigenvalue weighted by Gasteiger charge is -2.10. The molecule has 164 valence electrons. The fourth-order valence-electron chi connectivity index (χ4n) is 3.77. The normalized spacial score (nSPS) is 11.0. The van der Waals surface area contributed by atoms with Crippen molar-refractivity contribution in [3.05, 3.63) is 91.8 Å². The van der Waals surface area contributed by atoms with Crippen molar-refractivity contribution in [2.75, 3.05) is 13.7 Å². The van der Waals surface area contributed by atoms with Crippen LogP contribution in [0, 0.1) is 13.8 Å². The Hall–Kier alpha value is -3.45. The number of thiophene rings is 1. The Morgan fingerprint density at radius 1 is 1.16 bits per heavy atom. The Morgan fingerprint density at radius 2 is 1.94 bits per heavy atom. The number of rotatable bonds is 7. The maximum Gasteiger partial charge on any atom is 0.261 e. The topological polar surface area (TPSA) is 84.1 Å².